The molecule has 2 heterocycles. The third-order valence-electron chi connectivity index (χ3n) is 3.96. The van der Waals surface area contributed by atoms with Gasteiger partial charge in [0.05, 0.1) is 12.0 Å². The number of piperidine rings is 1. The summed E-state index contributed by atoms with van der Waals surface area (Å²) in [5, 5.41) is 3.46. The zero-order valence-electron chi connectivity index (χ0n) is 12.4. The van der Waals surface area contributed by atoms with Crippen LogP contribution >= 0.6 is 0 Å². The predicted molar refractivity (Wildman–Crippen MR) is 79.1 cm³/mol. The lowest BCUT2D eigenvalue weighted by Gasteiger charge is -2.34. The van der Waals surface area contributed by atoms with E-state index in [9.17, 15) is 0 Å². The Hall–Kier alpha value is -0.870. The molecule has 1 N–H and O–H groups in total. The first-order chi connectivity index (χ1) is 9.35. The Kier molecular flexibility index (Phi) is 5.86. The average molecular weight is 264 g/mol. The molecule has 108 valence electrons. The van der Waals surface area contributed by atoms with Crippen molar-refractivity contribution in [3.8, 4) is 0 Å². The van der Waals surface area contributed by atoms with E-state index in [1.807, 2.05) is 12.5 Å². The first kappa shape index (κ1) is 14.5. The van der Waals surface area contributed by atoms with Gasteiger partial charge in [-0.25, -0.2) is 4.98 Å². The van der Waals surface area contributed by atoms with Crippen LogP contribution in [0.15, 0.2) is 12.5 Å². The summed E-state index contributed by atoms with van der Waals surface area (Å²) in [5.41, 5.74) is 1.37. The second-order valence-electron chi connectivity index (χ2n) is 5.53. The molecule has 1 aromatic heterocycles. The van der Waals surface area contributed by atoms with E-state index in [1.54, 1.807) is 0 Å². The standard InChI is InChI=1S/C15H28N4/c1-3-9-18(14-5-7-16-8-6-14)12-15-11-17-13-19(15)10-4-2/h11,13-14,16H,3-10,12H2,1-2H3. The summed E-state index contributed by atoms with van der Waals surface area (Å²) in [7, 11) is 0. The van der Waals surface area contributed by atoms with E-state index in [2.05, 4.69) is 33.6 Å². The van der Waals surface area contributed by atoms with E-state index in [0.29, 0.717) is 0 Å². The van der Waals surface area contributed by atoms with Crippen LogP contribution in [-0.4, -0.2) is 40.1 Å². The maximum atomic E-state index is 4.32. The molecular weight excluding hydrogens is 236 g/mol. The fraction of sp³-hybridized carbons (Fsp3) is 0.800. The number of aryl methyl sites for hydroxylation is 1. The van der Waals surface area contributed by atoms with Crippen molar-refractivity contribution in [3.05, 3.63) is 18.2 Å². The van der Waals surface area contributed by atoms with Crippen LogP contribution < -0.4 is 5.32 Å². The number of rotatable bonds is 7. The maximum absolute atomic E-state index is 4.32. The van der Waals surface area contributed by atoms with Crippen LogP contribution in [0.2, 0.25) is 0 Å². The van der Waals surface area contributed by atoms with Crippen molar-refractivity contribution in [1.82, 2.24) is 19.8 Å². The predicted octanol–water partition coefficient (Wildman–Crippen LogP) is 2.26. The van der Waals surface area contributed by atoms with Crippen LogP contribution in [0.25, 0.3) is 0 Å². The second-order valence-corrected chi connectivity index (χ2v) is 5.53. The smallest absolute Gasteiger partial charge is 0.0948 e. The van der Waals surface area contributed by atoms with Gasteiger partial charge in [0.2, 0.25) is 0 Å². The minimum atomic E-state index is 0.742. The third-order valence-corrected chi connectivity index (χ3v) is 3.96. The summed E-state index contributed by atoms with van der Waals surface area (Å²) in [6, 6.07) is 0.742. The molecule has 0 aliphatic carbocycles. The number of nitrogens with zero attached hydrogens (tertiary/aromatic N) is 3. The SMILES string of the molecule is CCCN(Cc1cncn1CCC)C1CCNCC1. The number of hydrogen-bond donors (Lipinski definition) is 1. The molecule has 0 radical (unpaired) electrons. The molecule has 1 aliphatic heterocycles. The van der Waals surface area contributed by atoms with Gasteiger partial charge in [0.15, 0.2) is 0 Å². The van der Waals surface area contributed by atoms with Crippen molar-refractivity contribution < 1.29 is 0 Å². The zero-order valence-corrected chi connectivity index (χ0v) is 12.4. The third kappa shape index (κ3) is 4.05. The molecule has 0 bridgehead atoms. The first-order valence-electron chi connectivity index (χ1n) is 7.79. The van der Waals surface area contributed by atoms with Crippen molar-refractivity contribution in [2.45, 2.75) is 58.7 Å². The molecule has 19 heavy (non-hydrogen) atoms. The topological polar surface area (TPSA) is 33.1 Å². The van der Waals surface area contributed by atoms with Crippen LogP contribution in [0, 0.1) is 0 Å². The number of imidazole rings is 1. The number of hydrogen-bond acceptors (Lipinski definition) is 3. The number of aromatic nitrogens is 2. The second kappa shape index (κ2) is 7.65. The highest BCUT2D eigenvalue weighted by Crippen LogP contribution is 2.16. The van der Waals surface area contributed by atoms with Gasteiger partial charge >= 0.3 is 0 Å². The van der Waals surface area contributed by atoms with Gasteiger partial charge in [-0.05, 0) is 45.3 Å². The molecule has 0 aromatic carbocycles. The lowest BCUT2D eigenvalue weighted by molar-refractivity contribution is 0.150. The highest BCUT2D eigenvalue weighted by Gasteiger charge is 2.21. The van der Waals surface area contributed by atoms with Gasteiger partial charge in [-0.1, -0.05) is 13.8 Å². The van der Waals surface area contributed by atoms with E-state index in [1.165, 1.54) is 51.0 Å². The average Bonchev–Trinajstić information content (AvgIpc) is 2.87. The molecule has 0 spiro atoms. The summed E-state index contributed by atoms with van der Waals surface area (Å²) < 4.78 is 2.31. The molecule has 0 saturated carbocycles. The van der Waals surface area contributed by atoms with E-state index >= 15 is 0 Å². The minimum absolute atomic E-state index is 0.742. The van der Waals surface area contributed by atoms with Gasteiger partial charge in [-0.15, -0.1) is 0 Å². The van der Waals surface area contributed by atoms with Gasteiger partial charge in [0.1, 0.15) is 0 Å². The van der Waals surface area contributed by atoms with E-state index < -0.39 is 0 Å². The largest absolute Gasteiger partial charge is 0.333 e. The Morgan fingerprint density at radius 1 is 1.32 bits per heavy atom. The van der Waals surface area contributed by atoms with Crippen molar-refractivity contribution in [1.29, 1.82) is 0 Å². The Morgan fingerprint density at radius 2 is 2.11 bits per heavy atom. The highest BCUT2D eigenvalue weighted by atomic mass is 15.2. The molecular formula is C15H28N4. The maximum Gasteiger partial charge on any atom is 0.0948 e. The molecule has 1 aliphatic rings. The molecule has 2 rings (SSSR count). The highest BCUT2D eigenvalue weighted by molar-refractivity contribution is 4.99. The molecule has 0 atom stereocenters. The molecule has 4 nitrogen and oxygen atoms in total. The fourth-order valence-corrected chi connectivity index (χ4v) is 2.98. The zero-order chi connectivity index (χ0) is 13.5. The van der Waals surface area contributed by atoms with Gasteiger partial charge in [0, 0.05) is 25.3 Å². The Balaban J connectivity index is 2.00. The van der Waals surface area contributed by atoms with Crippen molar-refractivity contribution in [2.24, 2.45) is 0 Å². The number of nitrogens with one attached hydrogen (secondary N) is 1. The summed E-state index contributed by atoms with van der Waals surface area (Å²) in [6.07, 6.45) is 8.98. The Morgan fingerprint density at radius 3 is 2.79 bits per heavy atom. The summed E-state index contributed by atoms with van der Waals surface area (Å²) in [5.74, 6) is 0. The van der Waals surface area contributed by atoms with E-state index in [4.69, 9.17) is 0 Å². The lowest BCUT2D eigenvalue weighted by atomic mass is 10.0. The van der Waals surface area contributed by atoms with Gasteiger partial charge in [-0.2, -0.15) is 0 Å². The lowest BCUT2D eigenvalue weighted by Crippen LogP contribution is -2.43. The van der Waals surface area contributed by atoms with Crippen molar-refractivity contribution in [2.75, 3.05) is 19.6 Å². The van der Waals surface area contributed by atoms with Crippen LogP contribution in [0.1, 0.15) is 45.2 Å². The van der Waals surface area contributed by atoms with E-state index in [0.717, 1.165) is 19.1 Å². The summed E-state index contributed by atoms with van der Waals surface area (Å²) in [6.45, 7) is 10.2. The first-order valence-corrected chi connectivity index (χ1v) is 7.79. The summed E-state index contributed by atoms with van der Waals surface area (Å²) in [4.78, 5) is 6.98. The van der Waals surface area contributed by atoms with Gasteiger partial charge in [-0.3, -0.25) is 4.90 Å². The molecule has 0 unspecified atom stereocenters. The minimum Gasteiger partial charge on any atom is -0.333 e. The molecule has 1 aromatic rings. The molecule has 1 saturated heterocycles. The monoisotopic (exact) mass is 264 g/mol. The quantitative estimate of drug-likeness (QED) is 0.820. The van der Waals surface area contributed by atoms with Crippen molar-refractivity contribution in [3.63, 3.8) is 0 Å². The molecule has 1 fully saturated rings. The fourth-order valence-electron chi connectivity index (χ4n) is 2.98. The van der Waals surface area contributed by atoms with E-state index in [-0.39, 0.29) is 0 Å². The summed E-state index contributed by atoms with van der Waals surface area (Å²) >= 11 is 0. The normalized spacial score (nSPS) is 17.2. The van der Waals surface area contributed by atoms with Gasteiger partial charge in [0.25, 0.3) is 0 Å². The molecule has 4 heteroatoms. The molecule has 0 amide bonds. The van der Waals surface area contributed by atoms with Crippen LogP contribution in [-0.2, 0) is 13.1 Å². The van der Waals surface area contributed by atoms with Crippen LogP contribution in [0.5, 0.6) is 0 Å². The Bertz CT molecular complexity index is 355. The Labute approximate surface area is 117 Å². The van der Waals surface area contributed by atoms with Crippen molar-refractivity contribution >= 4 is 0 Å². The van der Waals surface area contributed by atoms with Crippen LogP contribution in [0.3, 0.4) is 0 Å². The van der Waals surface area contributed by atoms with Crippen LogP contribution in [0.4, 0.5) is 0 Å². The van der Waals surface area contributed by atoms with Gasteiger partial charge < -0.3 is 9.88 Å².